The molecule has 0 spiro atoms. The zero-order valence-corrected chi connectivity index (χ0v) is 15.8. The van der Waals surface area contributed by atoms with Crippen LogP contribution in [0.3, 0.4) is 0 Å². The lowest BCUT2D eigenvalue weighted by molar-refractivity contribution is 0.613. The average molecular weight is 366 g/mol. The lowest BCUT2D eigenvalue weighted by atomic mass is 9.91. The molecule has 0 fully saturated rings. The first-order chi connectivity index (χ1) is 13.8. The van der Waals surface area contributed by atoms with Crippen molar-refractivity contribution in [3.8, 4) is 11.1 Å². The second-order valence-corrected chi connectivity index (χ2v) is 7.08. The van der Waals surface area contributed by atoms with Crippen molar-refractivity contribution in [2.24, 2.45) is 0 Å². The molecule has 0 atom stereocenters. The van der Waals surface area contributed by atoms with E-state index in [1.165, 1.54) is 5.56 Å². The van der Waals surface area contributed by atoms with Gasteiger partial charge in [0, 0.05) is 12.0 Å². The molecule has 0 amide bonds. The Kier molecular flexibility index (Phi) is 5.63. The lowest BCUT2D eigenvalue weighted by Crippen LogP contribution is -2.03. The van der Waals surface area contributed by atoms with E-state index in [4.69, 9.17) is 0 Å². The second-order valence-electron chi connectivity index (χ2n) is 7.08. The summed E-state index contributed by atoms with van der Waals surface area (Å²) < 4.78 is 15.6. The van der Waals surface area contributed by atoms with Crippen LogP contribution in [0.5, 0.6) is 0 Å². The average Bonchev–Trinajstić information content (AvgIpc) is 2.76. The van der Waals surface area contributed by atoms with E-state index in [-0.39, 0.29) is 5.82 Å². The largest absolute Gasteiger partial charge is 0.206 e. The molecule has 1 heteroatoms. The smallest absolute Gasteiger partial charge is 0.134 e. The van der Waals surface area contributed by atoms with Crippen LogP contribution in [0.4, 0.5) is 4.39 Å². The Balaban J connectivity index is 1.71. The quantitative estimate of drug-likeness (QED) is 0.349. The van der Waals surface area contributed by atoms with Gasteiger partial charge in [0.1, 0.15) is 5.82 Å². The highest BCUT2D eigenvalue weighted by atomic mass is 19.1. The summed E-state index contributed by atoms with van der Waals surface area (Å²) in [6, 6.07) is 34.4. The van der Waals surface area contributed by atoms with E-state index in [2.05, 4.69) is 42.5 Å². The van der Waals surface area contributed by atoms with Gasteiger partial charge in [0.2, 0.25) is 0 Å². The van der Waals surface area contributed by atoms with Crippen molar-refractivity contribution in [1.29, 1.82) is 0 Å². The van der Waals surface area contributed by atoms with E-state index in [9.17, 15) is 0 Å². The summed E-state index contributed by atoms with van der Waals surface area (Å²) in [6.45, 7) is 0. The van der Waals surface area contributed by atoms with Crippen LogP contribution in [-0.2, 0) is 19.3 Å². The van der Waals surface area contributed by atoms with Crippen molar-refractivity contribution in [2.45, 2.75) is 19.3 Å². The van der Waals surface area contributed by atoms with E-state index in [1.807, 2.05) is 60.7 Å². The van der Waals surface area contributed by atoms with Gasteiger partial charge in [-0.1, -0.05) is 103 Å². The minimum Gasteiger partial charge on any atom is -0.206 e. The summed E-state index contributed by atoms with van der Waals surface area (Å²) in [4.78, 5) is 0. The highest BCUT2D eigenvalue weighted by molar-refractivity contribution is 5.66. The molecule has 4 rings (SSSR count). The molecule has 4 aromatic carbocycles. The molecule has 0 aliphatic heterocycles. The number of aryl methyl sites for hydroxylation is 2. The van der Waals surface area contributed by atoms with Gasteiger partial charge in [-0.2, -0.15) is 0 Å². The number of halogens is 1. The predicted molar refractivity (Wildman–Crippen MR) is 115 cm³/mol. The van der Waals surface area contributed by atoms with Gasteiger partial charge in [-0.15, -0.1) is 0 Å². The molecule has 0 radical (unpaired) electrons. The number of rotatable bonds is 6. The number of hydrogen-bond donors (Lipinski definition) is 0. The molecule has 0 unspecified atom stereocenters. The molecule has 0 bridgehead atoms. The third-order valence-electron chi connectivity index (χ3n) is 5.17. The van der Waals surface area contributed by atoms with Gasteiger partial charge in [-0.25, -0.2) is 4.39 Å². The minimum absolute atomic E-state index is 0.0967. The van der Waals surface area contributed by atoms with E-state index in [0.29, 0.717) is 12.0 Å². The van der Waals surface area contributed by atoms with E-state index in [1.54, 1.807) is 0 Å². The Morgan fingerprint density at radius 3 is 1.75 bits per heavy atom. The van der Waals surface area contributed by atoms with E-state index in [0.717, 1.165) is 35.1 Å². The predicted octanol–water partition coefficient (Wildman–Crippen LogP) is 6.87. The summed E-state index contributed by atoms with van der Waals surface area (Å²) in [6.07, 6.45) is 2.35. The van der Waals surface area contributed by atoms with Crippen molar-refractivity contribution < 1.29 is 4.39 Å². The van der Waals surface area contributed by atoms with Gasteiger partial charge in [0.25, 0.3) is 0 Å². The van der Waals surface area contributed by atoms with E-state index >= 15 is 4.39 Å². The Hall–Kier alpha value is -3.19. The molecule has 0 aliphatic rings. The van der Waals surface area contributed by atoms with Crippen LogP contribution in [0.15, 0.2) is 103 Å². The maximum atomic E-state index is 15.6. The van der Waals surface area contributed by atoms with Crippen LogP contribution in [-0.4, -0.2) is 0 Å². The molecule has 0 aromatic heterocycles. The van der Waals surface area contributed by atoms with Crippen LogP contribution in [0.1, 0.15) is 22.3 Å². The molecule has 4 aromatic rings. The zero-order chi connectivity index (χ0) is 19.2. The lowest BCUT2D eigenvalue weighted by Gasteiger charge is -2.15. The second kappa shape index (κ2) is 8.67. The van der Waals surface area contributed by atoms with Crippen molar-refractivity contribution in [1.82, 2.24) is 0 Å². The Bertz CT molecular complexity index is 1020. The molecule has 0 nitrogen and oxygen atoms in total. The molecular formula is C27H23F. The normalized spacial score (nSPS) is 10.8. The molecule has 0 saturated carbocycles. The first-order valence-electron chi connectivity index (χ1n) is 9.75. The summed E-state index contributed by atoms with van der Waals surface area (Å²) in [7, 11) is 0. The van der Waals surface area contributed by atoms with Crippen molar-refractivity contribution in [2.75, 3.05) is 0 Å². The van der Waals surface area contributed by atoms with Gasteiger partial charge in [-0.3, -0.25) is 0 Å². The minimum atomic E-state index is -0.0967. The fraction of sp³-hybridized carbons (Fsp3) is 0.111. The highest BCUT2D eigenvalue weighted by Gasteiger charge is 2.15. The Labute approximate surface area is 166 Å². The van der Waals surface area contributed by atoms with Gasteiger partial charge in [-0.05, 0) is 40.7 Å². The first-order valence-corrected chi connectivity index (χ1v) is 9.75. The van der Waals surface area contributed by atoms with Gasteiger partial charge >= 0.3 is 0 Å². The summed E-state index contributed by atoms with van der Waals surface area (Å²) in [5, 5.41) is 0. The molecule has 0 aliphatic carbocycles. The SMILES string of the molecule is Fc1c(-c2ccccc2)ccc(CCc2ccccc2)c1Cc1ccccc1. The first kappa shape index (κ1) is 18.2. The molecule has 0 heterocycles. The van der Waals surface area contributed by atoms with Gasteiger partial charge in [0.15, 0.2) is 0 Å². The summed E-state index contributed by atoms with van der Waals surface area (Å²) in [5.74, 6) is -0.0967. The van der Waals surface area contributed by atoms with Crippen molar-refractivity contribution >= 4 is 0 Å². The summed E-state index contributed by atoms with van der Waals surface area (Å²) >= 11 is 0. The van der Waals surface area contributed by atoms with Crippen LogP contribution < -0.4 is 0 Å². The standard InChI is InChI=1S/C27H23F/c28-27-25(23-14-8-3-9-15-23)19-18-24(17-16-21-10-4-1-5-11-21)26(27)20-22-12-6-2-7-13-22/h1-15,18-19H,16-17,20H2. The van der Waals surface area contributed by atoms with Crippen LogP contribution in [0.25, 0.3) is 11.1 Å². The van der Waals surface area contributed by atoms with Gasteiger partial charge < -0.3 is 0 Å². The maximum Gasteiger partial charge on any atom is 0.134 e. The topological polar surface area (TPSA) is 0 Å². The monoisotopic (exact) mass is 366 g/mol. The summed E-state index contributed by atoms with van der Waals surface area (Å²) in [5.41, 5.74) is 5.90. The van der Waals surface area contributed by atoms with Crippen molar-refractivity contribution in [3.63, 3.8) is 0 Å². The Morgan fingerprint density at radius 1 is 0.536 bits per heavy atom. The zero-order valence-electron chi connectivity index (χ0n) is 15.8. The Morgan fingerprint density at radius 2 is 1.11 bits per heavy atom. The van der Waals surface area contributed by atoms with E-state index < -0.39 is 0 Å². The molecule has 0 saturated heterocycles. The molecular weight excluding hydrogens is 343 g/mol. The van der Waals surface area contributed by atoms with Crippen LogP contribution >= 0.6 is 0 Å². The van der Waals surface area contributed by atoms with Crippen LogP contribution in [0, 0.1) is 5.82 Å². The van der Waals surface area contributed by atoms with Crippen molar-refractivity contribution in [3.05, 3.63) is 131 Å². The highest BCUT2D eigenvalue weighted by Crippen LogP contribution is 2.29. The van der Waals surface area contributed by atoms with Crippen LogP contribution in [0.2, 0.25) is 0 Å². The number of benzene rings is 4. The third-order valence-corrected chi connectivity index (χ3v) is 5.17. The van der Waals surface area contributed by atoms with Gasteiger partial charge in [0.05, 0.1) is 0 Å². The molecule has 0 N–H and O–H groups in total. The fourth-order valence-corrected chi connectivity index (χ4v) is 3.65. The number of hydrogen-bond acceptors (Lipinski definition) is 0. The fourth-order valence-electron chi connectivity index (χ4n) is 3.65. The molecule has 28 heavy (non-hydrogen) atoms. The molecule has 138 valence electrons. The maximum absolute atomic E-state index is 15.6. The third kappa shape index (κ3) is 4.20.